The maximum absolute atomic E-state index is 4.78. The van der Waals surface area contributed by atoms with Crippen LogP contribution in [-0.4, -0.2) is 15.4 Å². The zero-order chi connectivity index (χ0) is 12.4. The Labute approximate surface area is 116 Å². The highest BCUT2D eigenvalue weighted by atomic mass is 32.2. The molecule has 0 radical (unpaired) electrons. The first kappa shape index (κ1) is 13.2. The minimum Gasteiger partial charge on any atom is -0.170 e. The molecule has 0 N–H and O–H groups in total. The molecule has 0 amide bonds. The standard InChI is InChI=1S/C12H16N2S3/c1-7(2)9-5-4-8(3)11(10(9)15)17-12-14-13-6-16-12/h6,9-10,15H,1,4-5H2,2-3H3/t9-,10?/m0/s1. The molecule has 0 saturated carbocycles. The van der Waals surface area contributed by atoms with Gasteiger partial charge in [0.2, 0.25) is 0 Å². The van der Waals surface area contributed by atoms with Gasteiger partial charge >= 0.3 is 0 Å². The first-order chi connectivity index (χ1) is 8.09. The molecule has 1 aliphatic carbocycles. The lowest BCUT2D eigenvalue weighted by Crippen LogP contribution is -2.22. The van der Waals surface area contributed by atoms with Crippen molar-refractivity contribution in [1.29, 1.82) is 0 Å². The van der Waals surface area contributed by atoms with E-state index < -0.39 is 0 Å². The van der Waals surface area contributed by atoms with Gasteiger partial charge in [-0.05, 0) is 32.6 Å². The number of allylic oxidation sites excluding steroid dienone is 2. The molecule has 2 rings (SSSR count). The van der Waals surface area contributed by atoms with E-state index in [9.17, 15) is 0 Å². The van der Waals surface area contributed by atoms with Gasteiger partial charge in [-0.3, -0.25) is 0 Å². The predicted octanol–water partition coefficient (Wildman–Crippen LogP) is 4.19. The second-order valence-electron chi connectivity index (χ2n) is 4.39. The van der Waals surface area contributed by atoms with Gasteiger partial charge in [0.15, 0.2) is 4.34 Å². The van der Waals surface area contributed by atoms with E-state index in [1.54, 1.807) is 28.6 Å². The number of thiol groups is 1. The second kappa shape index (κ2) is 5.59. The topological polar surface area (TPSA) is 25.8 Å². The molecule has 0 aliphatic heterocycles. The van der Waals surface area contributed by atoms with Crippen LogP contribution in [0.25, 0.3) is 0 Å². The molecule has 1 heterocycles. The summed E-state index contributed by atoms with van der Waals surface area (Å²) in [6.07, 6.45) is 2.30. The Hall–Kier alpha value is -0.260. The largest absolute Gasteiger partial charge is 0.178 e. The van der Waals surface area contributed by atoms with E-state index in [4.69, 9.17) is 12.6 Å². The number of rotatable bonds is 3. The Kier molecular flexibility index (Phi) is 4.33. The van der Waals surface area contributed by atoms with E-state index in [1.165, 1.54) is 16.1 Å². The lowest BCUT2D eigenvalue weighted by atomic mass is 9.85. The van der Waals surface area contributed by atoms with Crippen molar-refractivity contribution in [3.05, 3.63) is 28.1 Å². The zero-order valence-corrected chi connectivity index (χ0v) is 12.5. The Morgan fingerprint density at radius 3 is 3.00 bits per heavy atom. The van der Waals surface area contributed by atoms with Crippen LogP contribution in [0.3, 0.4) is 0 Å². The van der Waals surface area contributed by atoms with Crippen LogP contribution in [0.2, 0.25) is 0 Å². The summed E-state index contributed by atoms with van der Waals surface area (Å²) in [5, 5.41) is 8.22. The van der Waals surface area contributed by atoms with E-state index in [0.717, 1.165) is 17.2 Å². The Balaban J connectivity index is 2.21. The van der Waals surface area contributed by atoms with Crippen LogP contribution in [0, 0.1) is 5.92 Å². The van der Waals surface area contributed by atoms with Crippen molar-refractivity contribution in [3.8, 4) is 0 Å². The third-order valence-corrected chi connectivity index (χ3v) is 5.96. The van der Waals surface area contributed by atoms with Crippen LogP contribution in [0.4, 0.5) is 0 Å². The van der Waals surface area contributed by atoms with Gasteiger partial charge < -0.3 is 0 Å². The lowest BCUT2D eigenvalue weighted by molar-refractivity contribution is 0.548. The van der Waals surface area contributed by atoms with Crippen molar-refractivity contribution < 1.29 is 0 Å². The average Bonchev–Trinajstić information content (AvgIpc) is 2.76. The fourth-order valence-corrected chi connectivity index (χ4v) is 4.54. The number of hydrogen-bond acceptors (Lipinski definition) is 5. The second-order valence-corrected chi connectivity index (χ2v) is 7.07. The number of thioether (sulfide) groups is 1. The van der Waals surface area contributed by atoms with Crippen molar-refractivity contribution in [2.24, 2.45) is 5.92 Å². The highest BCUT2D eigenvalue weighted by Crippen LogP contribution is 2.44. The monoisotopic (exact) mass is 284 g/mol. The highest BCUT2D eigenvalue weighted by molar-refractivity contribution is 8.05. The van der Waals surface area contributed by atoms with E-state index in [1.807, 2.05) is 0 Å². The molecule has 0 saturated heterocycles. The number of nitrogens with zero attached hydrogens (tertiary/aromatic N) is 2. The first-order valence-electron chi connectivity index (χ1n) is 5.56. The van der Waals surface area contributed by atoms with Gasteiger partial charge in [-0.25, -0.2) is 0 Å². The first-order valence-corrected chi connectivity index (χ1v) is 7.78. The smallest absolute Gasteiger partial charge is 0.170 e. The van der Waals surface area contributed by atoms with Gasteiger partial charge in [-0.2, -0.15) is 12.6 Å². The average molecular weight is 284 g/mol. The Bertz CT molecular complexity index is 437. The van der Waals surface area contributed by atoms with Gasteiger partial charge in [-0.15, -0.1) is 10.2 Å². The molecule has 1 aromatic rings. The fraction of sp³-hybridized carbons (Fsp3) is 0.500. The van der Waals surface area contributed by atoms with Gasteiger partial charge in [0.05, 0.1) is 0 Å². The fourth-order valence-electron chi connectivity index (χ4n) is 2.05. The van der Waals surface area contributed by atoms with Crippen molar-refractivity contribution in [3.63, 3.8) is 0 Å². The van der Waals surface area contributed by atoms with Gasteiger partial charge in [0, 0.05) is 10.2 Å². The summed E-state index contributed by atoms with van der Waals surface area (Å²) in [7, 11) is 0. The Morgan fingerprint density at radius 1 is 1.65 bits per heavy atom. The molecular formula is C12H16N2S3. The lowest BCUT2D eigenvalue weighted by Gasteiger charge is -2.31. The van der Waals surface area contributed by atoms with Crippen LogP contribution in [0.1, 0.15) is 26.7 Å². The normalized spacial score (nSPS) is 25.1. The summed E-state index contributed by atoms with van der Waals surface area (Å²) in [4.78, 5) is 1.34. The van der Waals surface area contributed by atoms with E-state index in [0.29, 0.717) is 5.92 Å². The molecule has 0 bridgehead atoms. The summed E-state index contributed by atoms with van der Waals surface area (Å²) >= 11 is 8.07. The number of aromatic nitrogens is 2. The molecule has 0 aromatic carbocycles. The molecule has 2 nitrogen and oxygen atoms in total. The molecule has 17 heavy (non-hydrogen) atoms. The molecule has 1 unspecified atom stereocenters. The Morgan fingerprint density at radius 2 is 2.41 bits per heavy atom. The van der Waals surface area contributed by atoms with Crippen LogP contribution >= 0.6 is 35.7 Å². The van der Waals surface area contributed by atoms with Crippen LogP contribution < -0.4 is 0 Å². The summed E-state index contributed by atoms with van der Waals surface area (Å²) < 4.78 is 1.00. The minimum atomic E-state index is 0.259. The third-order valence-electron chi connectivity index (χ3n) is 3.07. The van der Waals surface area contributed by atoms with Crippen molar-refractivity contribution in [2.75, 3.05) is 0 Å². The molecular weight excluding hydrogens is 268 g/mol. The quantitative estimate of drug-likeness (QED) is 0.666. The SMILES string of the molecule is C=C(C)[C@@H]1CCC(C)=C(Sc2nncs2)C1S. The van der Waals surface area contributed by atoms with E-state index >= 15 is 0 Å². The molecule has 5 heteroatoms. The third kappa shape index (κ3) is 2.95. The maximum atomic E-state index is 4.78. The van der Waals surface area contributed by atoms with Gasteiger partial charge in [-0.1, -0.05) is 40.8 Å². The molecule has 0 spiro atoms. The molecule has 0 fully saturated rings. The summed E-state index contributed by atoms with van der Waals surface area (Å²) in [5.41, 5.74) is 4.43. The minimum absolute atomic E-state index is 0.259. The van der Waals surface area contributed by atoms with Crippen LogP contribution in [0.15, 0.2) is 32.5 Å². The van der Waals surface area contributed by atoms with Crippen molar-refractivity contribution >= 4 is 35.7 Å². The predicted molar refractivity (Wildman–Crippen MR) is 78.8 cm³/mol. The number of hydrogen-bond donors (Lipinski definition) is 1. The summed E-state index contributed by atoms with van der Waals surface area (Å²) in [6.45, 7) is 8.37. The molecule has 1 aromatic heterocycles. The van der Waals surface area contributed by atoms with Crippen LogP contribution in [0.5, 0.6) is 0 Å². The van der Waals surface area contributed by atoms with E-state index in [-0.39, 0.29) is 5.25 Å². The maximum Gasteiger partial charge on any atom is 0.178 e. The van der Waals surface area contributed by atoms with Crippen molar-refractivity contribution in [1.82, 2.24) is 10.2 Å². The summed E-state index contributed by atoms with van der Waals surface area (Å²) in [6, 6.07) is 0. The highest BCUT2D eigenvalue weighted by Gasteiger charge is 2.29. The molecule has 1 aliphatic rings. The van der Waals surface area contributed by atoms with E-state index in [2.05, 4.69) is 30.6 Å². The zero-order valence-electron chi connectivity index (χ0n) is 10.0. The summed E-state index contributed by atoms with van der Waals surface area (Å²) in [5.74, 6) is 0.484. The molecule has 92 valence electrons. The van der Waals surface area contributed by atoms with Gasteiger partial charge in [0.1, 0.15) is 5.51 Å². The molecule has 2 atom stereocenters. The van der Waals surface area contributed by atoms with Crippen molar-refractivity contribution in [2.45, 2.75) is 36.3 Å². The van der Waals surface area contributed by atoms with Crippen LogP contribution in [-0.2, 0) is 0 Å². The van der Waals surface area contributed by atoms with Gasteiger partial charge in [0.25, 0.3) is 0 Å².